The number of methoxy groups -OCH3 is 1. The number of carbonyl (C=O) groups excluding carboxylic acids is 1. The van der Waals surface area contributed by atoms with E-state index < -0.39 is 8.07 Å². The summed E-state index contributed by atoms with van der Waals surface area (Å²) in [7, 11) is 0.295. The van der Waals surface area contributed by atoms with Crippen molar-refractivity contribution in [1.82, 2.24) is 4.57 Å². The Morgan fingerprint density at radius 2 is 1.87 bits per heavy atom. The summed E-state index contributed by atoms with van der Waals surface area (Å²) in [5.41, 5.74) is 2.55. The highest BCUT2D eigenvalue weighted by atomic mass is 28.3. The Bertz CT molecular complexity index is 644. The van der Waals surface area contributed by atoms with E-state index in [0.29, 0.717) is 12.3 Å². The number of rotatable bonds is 7. The highest BCUT2D eigenvalue weighted by molar-refractivity contribution is 6.76. The van der Waals surface area contributed by atoms with Crippen LogP contribution in [0.3, 0.4) is 0 Å². The lowest BCUT2D eigenvalue weighted by Crippen LogP contribution is -2.22. The first-order valence-corrected chi connectivity index (χ1v) is 11.5. The van der Waals surface area contributed by atoms with E-state index in [0.717, 1.165) is 23.9 Å². The SMILES string of the molecule is COC(=O)c1cc(-c2ccccc2)n(COCC[Si](C)(C)C)c1. The lowest BCUT2D eigenvalue weighted by Gasteiger charge is -2.16. The van der Waals surface area contributed by atoms with E-state index in [1.807, 2.05) is 41.0 Å². The van der Waals surface area contributed by atoms with E-state index in [-0.39, 0.29) is 5.97 Å². The molecule has 124 valence electrons. The normalized spacial score (nSPS) is 11.5. The first kappa shape index (κ1) is 17.5. The lowest BCUT2D eigenvalue weighted by atomic mass is 10.1. The summed E-state index contributed by atoms with van der Waals surface area (Å²) >= 11 is 0. The summed E-state index contributed by atoms with van der Waals surface area (Å²) < 4.78 is 12.6. The third-order valence-electron chi connectivity index (χ3n) is 3.61. The molecule has 0 radical (unpaired) electrons. The smallest absolute Gasteiger partial charge is 0.339 e. The zero-order valence-electron chi connectivity index (χ0n) is 14.3. The van der Waals surface area contributed by atoms with Gasteiger partial charge in [-0.1, -0.05) is 50.0 Å². The fourth-order valence-electron chi connectivity index (χ4n) is 2.24. The van der Waals surface area contributed by atoms with Gasteiger partial charge in [0.25, 0.3) is 0 Å². The standard InChI is InChI=1S/C18H25NO3Si/c1-21-18(20)16-12-17(15-8-6-5-7-9-15)19(13-16)14-22-10-11-23(2,3)4/h5-9,12-13H,10-11,14H2,1-4H3. The molecule has 0 aliphatic rings. The van der Waals surface area contributed by atoms with Crippen molar-refractivity contribution in [3.8, 4) is 11.3 Å². The number of benzene rings is 1. The molecule has 2 rings (SSSR count). The molecule has 23 heavy (non-hydrogen) atoms. The molecule has 0 spiro atoms. The summed E-state index contributed by atoms with van der Waals surface area (Å²) in [5, 5.41) is 0. The van der Waals surface area contributed by atoms with Crippen molar-refractivity contribution in [1.29, 1.82) is 0 Å². The first-order chi connectivity index (χ1) is 10.9. The molecule has 0 amide bonds. The highest BCUT2D eigenvalue weighted by Crippen LogP contribution is 2.23. The van der Waals surface area contributed by atoms with E-state index in [4.69, 9.17) is 9.47 Å². The number of carbonyl (C=O) groups is 1. The number of hydrogen-bond acceptors (Lipinski definition) is 3. The molecule has 0 aliphatic carbocycles. The molecule has 0 aliphatic heterocycles. The van der Waals surface area contributed by atoms with Gasteiger partial charge in [-0.2, -0.15) is 0 Å². The van der Waals surface area contributed by atoms with Crippen molar-refractivity contribution >= 4 is 14.0 Å². The van der Waals surface area contributed by atoms with Gasteiger partial charge in [-0.3, -0.25) is 0 Å². The van der Waals surface area contributed by atoms with E-state index >= 15 is 0 Å². The summed E-state index contributed by atoms with van der Waals surface area (Å²) in [5.74, 6) is -0.331. The maximum atomic E-state index is 11.8. The largest absolute Gasteiger partial charge is 0.465 e. The van der Waals surface area contributed by atoms with Crippen LogP contribution in [0, 0.1) is 0 Å². The van der Waals surface area contributed by atoms with Gasteiger partial charge in [0.1, 0.15) is 6.73 Å². The fourth-order valence-corrected chi connectivity index (χ4v) is 3.00. The van der Waals surface area contributed by atoms with Gasteiger partial charge in [0, 0.05) is 20.9 Å². The number of nitrogens with zero attached hydrogens (tertiary/aromatic N) is 1. The molecule has 0 N–H and O–H groups in total. The number of aromatic nitrogens is 1. The van der Waals surface area contributed by atoms with E-state index in [2.05, 4.69) is 19.6 Å². The Balaban J connectivity index is 2.16. The maximum absolute atomic E-state index is 11.8. The predicted molar refractivity (Wildman–Crippen MR) is 95.3 cm³/mol. The van der Waals surface area contributed by atoms with Crippen LogP contribution in [0.2, 0.25) is 25.7 Å². The minimum absolute atomic E-state index is 0.331. The molecule has 1 aromatic carbocycles. The lowest BCUT2D eigenvalue weighted by molar-refractivity contribution is 0.0599. The molecule has 1 heterocycles. The third-order valence-corrected chi connectivity index (χ3v) is 5.32. The number of esters is 1. The van der Waals surface area contributed by atoms with Crippen LogP contribution in [0.15, 0.2) is 42.6 Å². The fraction of sp³-hybridized carbons (Fsp3) is 0.389. The molecule has 0 saturated carbocycles. The average Bonchev–Trinajstić information content (AvgIpc) is 2.95. The Morgan fingerprint density at radius 3 is 2.48 bits per heavy atom. The van der Waals surface area contributed by atoms with Crippen LogP contribution >= 0.6 is 0 Å². The maximum Gasteiger partial charge on any atom is 0.339 e. The van der Waals surface area contributed by atoms with Crippen LogP contribution in [-0.2, 0) is 16.2 Å². The van der Waals surface area contributed by atoms with Crippen LogP contribution in [-0.4, -0.2) is 32.3 Å². The van der Waals surface area contributed by atoms with Crippen LogP contribution in [0.1, 0.15) is 10.4 Å². The molecule has 0 fully saturated rings. The molecule has 0 unspecified atom stereocenters. The van der Waals surface area contributed by atoms with E-state index in [9.17, 15) is 4.79 Å². The van der Waals surface area contributed by atoms with Crippen molar-refractivity contribution in [3.63, 3.8) is 0 Å². The zero-order chi connectivity index (χ0) is 16.9. The molecule has 0 atom stereocenters. The second kappa shape index (κ2) is 7.61. The van der Waals surface area contributed by atoms with Gasteiger partial charge < -0.3 is 14.0 Å². The number of ether oxygens (including phenoxy) is 2. The van der Waals surface area contributed by atoms with Gasteiger partial charge in [0.05, 0.1) is 18.4 Å². The molecule has 5 heteroatoms. The zero-order valence-corrected chi connectivity index (χ0v) is 15.3. The van der Waals surface area contributed by atoms with Crippen LogP contribution in [0.5, 0.6) is 0 Å². The van der Waals surface area contributed by atoms with Crippen molar-refractivity contribution in [2.75, 3.05) is 13.7 Å². The minimum Gasteiger partial charge on any atom is -0.465 e. The van der Waals surface area contributed by atoms with Crippen molar-refractivity contribution in [2.24, 2.45) is 0 Å². The number of hydrogen-bond donors (Lipinski definition) is 0. The van der Waals surface area contributed by atoms with Crippen LogP contribution in [0.25, 0.3) is 11.3 Å². The Kier molecular flexibility index (Phi) is 5.79. The molecule has 0 bridgehead atoms. The second-order valence-electron chi connectivity index (χ2n) is 6.79. The highest BCUT2D eigenvalue weighted by Gasteiger charge is 2.15. The van der Waals surface area contributed by atoms with E-state index in [1.165, 1.54) is 7.11 Å². The Labute approximate surface area is 139 Å². The summed E-state index contributed by atoms with van der Waals surface area (Å²) in [6.07, 6.45) is 1.79. The van der Waals surface area contributed by atoms with Crippen LogP contribution in [0.4, 0.5) is 0 Å². The van der Waals surface area contributed by atoms with E-state index in [1.54, 1.807) is 6.20 Å². The monoisotopic (exact) mass is 331 g/mol. The van der Waals surface area contributed by atoms with Gasteiger partial charge in [0.2, 0.25) is 0 Å². The summed E-state index contributed by atoms with van der Waals surface area (Å²) in [6, 6.07) is 13.0. The topological polar surface area (TPSA) is 40.5 Å². The van der Waals surface area contributed by atoms with Gasteiger partial charge in [-0.25, -0.2) is 4.79 Å². The van der Waals surface area contributed by atoms with Gasteiger partial charge in [0.15, 0.2) is 0 Å². The Morgan fingerprint density at radius 1 is 1.17 bits per heavy atom. The van der Waals surface area contributed by atoms with Gasteiger partial charge in [-0.05, 0) is 17.7 Å². The molecule has 4 nitrogen and oxygen atoms in total. The molecular formula is C18H25NO3Si. The molecule has 2 aromatic rings. The molecule has 1 aromatic heterocycles. The van der Waals surface area contributed by atoms with Gasteiger partial charge >= 0.3 is 5.97 Å². The predicted octanol–water partition coefficient (Wildman–Crippen LogP) is 4.25. The Hall–Kier alpha value is -1.85. The third kappa shape index (κ3) is 5.08. The molecule has 0 saturated heterocycles. The second-order valence-corrected chi connectivity index (χ2v) is 12.4. The quantitative estimate of drug-likeness (QED) is 0.432. The summed E-state index contributed by atoms with van der Waals surface area (Å²) in [6.45, 7) is 8.17. The minimum atomic E-state index is -1.10. The van der Waals surface area contributed by atoms with Crippen molar-refractivity contribution in [3.05, 3.63) is 48.2 Å². The first-order valence-electron chi connectivity index (χ1n) is 7.82. The summed E-state index contributed by atoms with van der Waals surface area (Å²) in [4.78, 5) is 11.8. The van der Waals surface area contributed by atoms with Crippen LogP contribution < -0.4 is 0 Å². The average molecular weight is 331 g/mol. The van der Waals surface area contributed by atoms with Gasteiger partial charge in [-0.15, -0.1) is 0 Å². The van der Waals surface area contributed by atoms with Crippen molar-refractivity contribution < 1.29 is 14.3 Å². The van der Waals surface area contributed by atoms with Crippen molar-refractivity contribution in [2.45, 2.75) is 32.4 Å². The molecular weight excluding hydrogens is 306 g/mol.